The van der Waals surface area contributed by atoms with E-state index in [0.717, 1.165) is 31.1 Å². The lowest BCUT2D eigenvalue weighted by molar-refractivity contribution is 0.621. The summed E-state index contributed by atoms with van der Waals surface area (Å²) in [6, 6.07) is 3.19. The van der Waals surface area contributed by atoms with E-state index in [1.165, 1.54) is 18.9 Å². The molecule has 4 heteroatoms. The Balaban J connectivity index is 2.23. The molecule has 1 aromatic rings. The molecule has 2 nitrogen and oxygen atoms in total. The molecular formula is C13H18BrFN2. The molecule has 1 fully saturated rings. The zero-order chi connectivity index (χ0) is 12.4. The Kier molecular flexibility index (Phi) is 3.92. The summed E-state index contributed by atoms with van der Waals surface area (Å²) in [7, 11) is 0. The molecule has 17 heavy (non-hydrogen) atoms. The number of halogens is 2. The zero-order valence-corrected chi connectivity index (χ0v) is 11.6. The first-order chi connectivity index (χ1) is 8.11. The SMILES string of the molecule is CCCN(CC1CC1)c1cc(Br)c(F)cc1N. The van der Waals surface area contributed by atoms with Crippen LogP contribution in [0, 0.1) is 11.7 Å². The third-order valence-electron chi connectivity index (χ3n) is 3.08. The van der Waals surface area contributed by atoms with E-state index in [0.29, 0.717) is 10.2 Å². The monoisotopic (exact) mass is 300 g/mol. The quantitative estimate of drug-likeness (QED) is 0.838. The number of hydrogen-bond acceptors (Lipinski definition) is 2. The summed E-state index contributed by atoms with van der Waals surface area (Å²) < 4.78 is 13.8. The molecule has 2 N–H and O–H groups in total. The van der Waals surface area contributed by atoms with Gasteiger partial charge in [-0.2, -0.15) is 0 Å². The van der Waals surface area contributed by atoms with Gasteiger partial charge in [-0.15, -0.1) is 0 Å². The van der Waals surface area contributed by atoms with Crippen LogP contribution in [-0.2, 0) is 0 Å². The van der Waals surface area contributed by atoms with E-state index < -0.39 is 0 Å². The predicted octanol–water partition coefficient (Wildman–Crippen LogP) is 3.80. The number of anilines is 2. The van der Waals surface area contributed by atoms with Crippen molar-refractivity contribution in [1.82, 2.24) is 0 Å². The predicted molar refractivity (Wildman–Crippen MR) is 73.7 cm³/mol. The Labute approximate surface area is 110 Å². The van der Waals surface area contributed by atoms with Gasteiger partial charge in [0.05, 0.1) is 15.8 Å². The van der Waals surface area contributed by atoms with Crippen LogP contribution < -0.4 is 10.6 Å². The van der Waals surface area contributed by atoms with Crippen LogP contribution in [0.1, 0.15) is 26.2 Å². The van der Waals surface area contributed by atoms with Crippen molar-refractivity contribution >= 4 is 27.3 Å². The topological polar surface area (TPSA) is 29.3 Å². The first-order valence-corrected chi connectivity index (χ1v) is 6.90. The molecule has 0 spiro atoms. The summed E-state index contributed by atoms with van der Waals surface area (Å²) in [5.41, 5.74) is 7.39. The number of nitrogens with zero attached hydrogens (tertiary/aromatic N) is 1. The molecule has 0 bridgehead atoms. The minimum atomic E-state index is -0.297. The Bertz CT molecular complexity index is 405. The van der Waals surface area contributed by atoms with Gasteiger partial charge in [0.15, 0.2) is 0 Å². The van der Waals surface area contributed by atoms with Gasteiger partial charge in [-0.1, -0.05) is 6.92 Å². The van der Waals surface area contributed by atoms with Crippen molar-refractivity contribution in [3.63, 3.8) is 0 Å². The molecule has 2 rings (SSSR count). The van der Waals surface area contributed by atoms with Crippen LogP contribution in [0.25, 0.3) is 0 Å². The molecule has 0 radical (unpaired) electrons. The summed E-state index contributed by atoms with van der Waals surface area (Å²) in [4.78, 5) is 2.28. The Hall–Kier alpha value is -0.770. The fourth-order valence-electron chi connectivity index (χ4n) is 2.02. The van der Waals surface area contributed by atoms with Crippen LogP contribution in [0.5, 0.6) is 0 Å². The summed E-state index contributed by atoms with van der Waals surface area (Å²) in [5.74, 6) is 0.499. The molecular weight excluding hydrogens is 283 g/mol. The number of nitrogens with two attached hydrogens (primary N) is 1. The Morgan fingerprint density at radius 1 is 1.47 bits per heavy atom. The highest BCUT2D eigenvalue weighted by Gasteiger charge is 2.25. The smallest absolute Gasteiger partial charge is 0.139 e. The molecule has 0 heterocycles. The van der Waals surface area contributed by atoms with Crippen molar-refractivity contribution in [3.05, 3.63) is 22.4 Å². The van der Waals surface area contributed by atoms with Crippen LogP contribution in [0.4, 0.5) is 15.8 Å². The van der Waals surface area contributed by atoms with Gasteiger partial charge in [0.2, 0.25) is 0 Å². The van der Waals surface area contributed by atoms with Crippen LogP contribution in [-0.4, -0.2) is 13.1 Å². The second-order valence-corrected chi connectivity index (χ2v) is 5.57. The van der Waals surface area contributed by atoms with E-state index >= 15 is 0 Å². The first kappa shape index (κ1) is 12.7. The second kappa shape index (κ2) is 5.25. The van der Waals surface area contributed by atoms with E-state index in [1.807, 2.05) is 0 Å². The van der Waals surface area contributed by atoms with Gasteiger partial charge in [0, 0.05) is 19.2 Å². The van der Waals surface area contributed by atoms with E-state index in [1.54, 1.807) is 6.07 Å². The molecule has 1 aromatic carbocycles. The summed E-state index contributed by atoms with van der Waals surface area (Å²) in [6.07, 6.45) is 3.69. The number of hydrogen-bond donors (Lipinski definition) is 1. The Morgan fingerprint density at radius 3 is 2.76 bits per heavy atom. The van der Waals surface area contributed by atoms with Gasteiger partial charge in [0.25, 0.3) is 0 Å². The maximum atomic E-state index is 13.3. The Morgan fingerprint density at radius 2 is 2.18 bits per heavy atom. The minimum absolute atomic E-state index is 0.297. The molecule has 0 aliphatic heterocycles. The normalized spacial score (nSPS) is 15.0. The zero-order valence-electron chi connectivity index (χ0n) is 10.0. The van der Waals surface area contributed by atoms with Crippen LogP contribution in [0.3, 0.4) is 0 Å². The van der Waals surface area contributed by atoms with Gasteiger partial charge in [-0.3, -0.25) is 0 Å². The minimum Gasteiger partial charge on any atom is -0.397 e. The highest BCUT2D eigenvalue weighted by atomic mass is 79.9. The standard InChI is InChI=1S/C13H18BrFN2/c1-2-5-17(8-9-3-4-9)13-6-10(14)11(15)7-12(13)16/h6-7,9H,2-5,8,16H2,1H3. The first-order valence-electron chi connectivity index (χ1n) is 6.11. The highest BCUT2D eigenvalue weighted by molar-refractivity contribution is 9.10. The van der Waals surface area contributed by atoms with Gasteiger partial charge < -0.3 is 10.6 Å². The summed E-state index contributed by atoms with van der Waals surface area (Å²) in [6.45, 7) is 4.16. The number of benzene rings is 1. The average molecular weight is 301 g/mol. The fraction of sp³-hybridized carbons (Fsp3) is 0.538. The molecule has 94 valence electrons. The lowest BCUT2D eigenvalue weighted by atomic mass is 10.2. The third-order valence-corrected chi connectivity index (χ3v) is 3.69. The van der Waals surface area contributed by atoms with Crippen molar-refractivity contribution in [2.24, 2.45) is 5.92 Å². The van der Waals surface area contributed by atoms with Crippen molar-refractivity contribution in [3.8, 4) is 0 Å². The third kappa shape index (κ3) is 3.12. The number of rotatable bonds is 5. The van der Waals surface area contributed by atoms with E-state index in [4.69, 9.17) is 5.73 Å². The largest absolute Gasteiger partial charge is 0.397 e. The maximum Gasteiger partial charge on any atom is 0.139 e. The van der Waals surface area contributed by atoms with Crippen LogP contribution in [0.2, 0.25) is 0 Å². The molecule has 0 saturated heterocycles. The van der Waals surface area contributed by atoms with Gasteiger partial charge in [0.1, 0.15) is 5.82 Å². The van der Waals surface area contributed by atoms with Crippen LogP contribution in [0.15, 0.2) is 16.6 Å². The number of nitrogen functional groups attached to an aromatic ring is 1. The fourth-order valence-corrected chi connectivity index (χ4v) is 2.35. The van der Waals surface area contributed by atoms with Crippen molar-refractivity contribution in [1.29, 1.82) is 0 Å². The van der Waals surface area contributed by atoms with Crippen molar-refractivity contribution in [2.75, 3.05) is 23.7 Å². The summed E-state index contributed by atoms with van der Waals surface area (Å²) >= 11 is 3.22. The van der Waals surface area contributed by atoms with E-state index in [2.05, 4.69) is 27.8 Å². The second-order valence-electron chi connectivity index (χ2n) is 4.71. The van der Waals surface area contributed by atoms with Crippen LogP contribution >= 0.6 is 15.9 Å². The van der Waals surface area contributed by atoms with Gasteiger partial charge >= 0.3 is 0 Å². The highest BCUT2D eigenvalue weighted by Crippen LogP contribution is 2.35. The van der Waals surface area contributed by atoms with E-state index in [-0.39, 0.29) is 5.82 Å². The van der Waals surface area contributed by atoms with Gasteiger partial charge in [-0.05, 0) is 47.2 Å². The average Bonchev–Trinajstić information content (AvgIpc) is 3.07. The molecule has 0 unspecified atom stereocenters. The lowest BCUT2D eigenvalue weighted by Gasteiger charge is -2.26. The van der Waals surface area contributed by atoms with E-state index in [9.17, 15) is 4.39 Å². The molecule has 0 amide bonds. The lowest BCUT2D eigenvalue weighted by Crippen LogP contribution is -2.27. The maximum absolute atomic E-state index is 13.3. The van der Waals surface area contributed by atoms with Crippen molar-refractivity contribution in [2.45, 2.75) is 26.2 Å². The molecule has 1 aliphatic rings. The summed E-state index contributed by atoms with van der Waals surface area (Å²) in [5, 5.41) is 0. The van der Waals surface area contributed by atoms with Gasteiger partial charge in [-0.25, -0.2) is 4.39 Å². The molecule has 1 saturated carbocycles. The molecule has 0 atom stereocenters. The molecule has 0 aromatic heterocycles. The molecule has 1 aliphatic carbocycles. The van der Waals surface area contributed by atoms with Crippen molar-refractivity contribution < 1.29 is 4.39 Å².